The van der Waals surface area contributed by atoms with E-state index in [0.29, 0.717) is 0 Å². The van der Waals surface area contributed by atoms with Crippen LogP contribution in [0.5, 0.6) is 0 Å². The number of thioether (sulfide) groups is 1. The van der Waals surface area contributed by atoms with Crippen LogP contribution in [0, 0.1) is 0 Å². The molecule has 0 unspecified atom stereocenters. The van der Waals surface area contributed by atoms with Crippen molar-refractivity contribution in [2.24, 2.45) is 5.73 Å². The third-order valence-electron chi connectivity index (χ3n) is 3.37. The Balaban J connectivity index is 2.52. The summed E-state index contributed by atoms with van der Waals surface area (Å²) >= 11 is 1.74. The third-order valence-corrected chi connectivity index (χ3v) is 4.31. The molecule has 0 fully saturated rings. The standard InChI is InChI=1S/C17H28N2OS/c1-14(13-17(18)21-12-6-11-19(2)3)15-7-5-8-16(20-4)10-9-15/h5,7-8,13H,6,9-12,18H2,1-4H3/b15-14-,17-13+. The van der Waals surface area contributed by atoms with Gasteiger partial charge in [-0.25, -0.2) is 0 Å². The summed E-state index contributed by atoms with van der Waals surface area (Å²) in [5.74, 6) is 2.10. The monoisotopic (exact) mass is 308 g/mol. The minimum Gasteiger partial charge on any atom is -0.501 e. The minimum atomic E-state index is 0.899. The fourth-order valence-corrected chi connectivity index (χ4v) is 2.88. The Hall–Kier alpha value is -1.13. The number of hydrogen-bond acceptors (Lipinski definition) is 4. The zero-order chi connectivity index (χ0) is 15.7. The number of allylic oxidation sites excluding steroid dienone is 7. The fourth-order valence-electron chi connectivity index (χ4n) is 2.11. The Morgan fingerprint density at radius 3 is 2.86 bits per heavy atom. The Morgan fingerprint density at radius 2 is 2.19 bits per heavy atom. The summed E-state index contributed by atoms with van der Waals surface area (Å²) in [6.07, 6.45) is 11.4. The van der Waals surface area contributed by atoms with E-state index in [-0.39, 0.29) is 0 Å². The molecular weight excluding hydrogens is 280 g/mol. The first-order valence-electron chi connectivity index (χ1n) is 7.38. The summed E-state index contributed by atoms with van der Waals surface area (Å²) in [5.41, 5.74) is 8.68. The molecule has 0 aliphatic heterocycles. The highest BCUT2D eigenvalue weighted by atomic mass is 32.2. The summed E-state index contributed by atoms with van der Waals surface area (Å²) in [6, 6.07) is 0. The Bertz CT molecular complexity index is 448. The van der Waals surface area contributed by atoms with Gasteiger partial charge in [0.05, 0.1) is 17.9 Å². The van der Waals surface area contributed by atoms with Gasteiger partial charge in [0, 0.05) is 12.2 Å². The van der Waals surface area contributed by atoms with Crippen molar-refractivity contribution in [3.05, 3.63) is 46.2 Å². The van der Waals surface area contributed by atoms with Crippen molar-refractivity contribution < 1.29 is 4.74 Å². The van der Waals surface area contributed by atoms with Crippen molar-refractivity contribution >= 4 is 11.8 Å². The van der Waals surface area contributed by atoms with E-state index in [1.807, 2.05) is 6.08 Å². The van der Waals surface area contributed by atoms with E-state index >= 15 is 0 Å². The largest absolute Gasteiger partial charge is 0.501 e. The van der Waals surface area contributed by atoms with Crippen molar-refractivity contribution in [2.75, 3.05) is 33.5 Å². The lowest BCUT2D eigenvalue weighted by Crippen LogP contribution is -2.13. The summed E-state index contributed by atoms with van der Waals surface area (Å²) < 4.78 is 5.30. The zero-order valence-corrected chi connectivity index (χ0v) is 14.5. The fraction of sp³-hybridized carbons (Fsp3) is 0.529. The number of methoxy groups -OCH3 is 1. The van der Waals surface area contributed by atoms with E-state index in [1.54, 1.807) is 18.9 Å². The zero-order valence-electron chi connectivity index (χ0n) is 13.7. The molecule has 0 bridgehead atoms. The van der Waals surface area contributed by atoms with E-state index in [0.717, 1.165) is 42.3 Å². The number of nitrogens with zero attached hydrogens (tertiary/aromatic N) is 1. The second-order valence-electron chi connectivity index (χ2n) is 5.46. The van der Waals surface area contributed by atoms with E-state index in [1.165, 1.54) is 11.1 Å². The SMILES string of the molecule is COC1=CC=C/C(=C(C)/C=C(\N)SCCCN(C)C)CC1. The Morgan fingerprint density at radius 1 is 1.43 bits per heavy atom. The molecule has 0 aromatic heterocycles. The predicted octanol–water partition coefficient (Wildman–Crippen LogP) is 3.67. The summed E-state index contributed by atoms with van der Waals surface area (Å²) in [5, 5.41) is 0.899. The third kappa shape index (κ3) is 7.44. The van der Waals surface area contributed by atoms with Gasteiger partial charge >= 0.3 is 0 Å². The molecule has 0 spiro atoms. The van der Waals surface area contributed by atoms with Gasteiger partial charge in [-0.05, 0) is 63.7 Å². The lowest BCUT2D eigenvalue weighted by atomic mass is 10.0. The topological polar surface area (TPSA) is 38.5 Å². The maximum Gasteiger partial charge on any atom is 0.0958 e. The molecule has 21 heavy (non-hydrogen) atoms. The molecule has 2 N–H and O–H groups in total. The summed E-state index contributed by atoms with van der Waals surface area (Å²) in [7, 11) is 5.92. The highest BCUT2D eigenvalue weighted by Gasteiger charge is 2.05. The maximum atomic E-state index is 6.11. The van der Waals surface area contributed by atoms with Crippen LogP contribution in [0.25, 0.3) is 0 Å². The highest BCUT2D eigenvalue weighted by Crippen LogP contribution is 2.23. The van der Waals surface area contributed by atoms with E-state index < -0.39 is 0 Å². The average Bonchev–Trinajstić information content (AvgIpc) is 2.68. The molecule has 0 atom stereocenters. The van der Waals surface area contributed by atoms with Gasteiger partial charge in [0.2, 0.25) is 0 Å². The van der Waals surface area contributed by atoms with E-state index in [4.69, 9.17) is 10.5 Å². The van der Waals surface area contributed by atoms with E-state index in [2.05, 4.69) is 44.1 Å². The Kier molecular flexibility index (Phi) is 8.31. The number of ether oxygens (including phenoxy) is 1. The molecule has 1 rings (SSSR count). The van der Waals surface area contributed by atoms with Gasteiger partial charge in [0.15, 0.2) is 0 Å². The number of hydrogen-bond donors (Lipinski definition) is 1. The van der Waals surface area contributed by atoms with Crippen LogP contribution in [-0.2, 0) is 4.74 Å². The van der Waals surface area contributed by atoms with Crippen molar-refractivity contribution in [3.8, 4) is 0 Å². The maximum absolute atomic E-state index is 6.11. The molecule has 0 heterocycles. The van der Waals surface area contributed by atoms with Crippen molar-refractivity contribution in [1.82, 2.24) is 4.90 Å². The van der Waals surface area contributed by atoms with Crippen LogP contribution in [0.2, 0.25) is 0 Å². The van der Waals surface area contributed by atoms with Crippen LogP contribution in [0.4, 0.5) is 0 Å². The molecular formula is C17H28N2OS. The first kappa shape index (κ1) is 17.9. The van der Waals surface area contributed by atoms with Crippen molar-refractivity contribution in [3.63, 3.8) is 0 Å². The molecule has 0 saturated heterocycles. The van der Waals surface area contributed by atoms with Crippen LogP contribution in [0.3, 0.4) is 0 Å². The van der Waals surface area contributed by atoms with Gasteiger partial charge in [-0.1, -0.05) is 12.2 Å². The number of nitrogens with two attached hydrogens (primary N) is 1. The summed E-state index contributed by atoms with van der Waals surface area (Å²) in [6.45, 7) is 3.24. The van der Waals surface area contributed by atoms with Gasteiger partial charge in [-0.15, -0.1) is 11.8 Å². The van der Waals surface area contributed by atoms with Gasteiger partial charge in [0.25, 0.3) is 0 Å². The van der Waals surface area contributed by atoms with Gasteiger partial charge < -0.3 is 15.4 Å². The first-order valence-corrected chi connectivity index (χ1v) is 8.37. The second-order valence-corrected chi connectivity index (χ2v) is 6.62. The quantitative estimate of drug-likeness (QED) is 0.728. The molecule has 0 radical (unpaired) electrons. The lowest BCUT2D eigenvalue weighted by molar-refractivity contribution is 0.278. The second kappa shape index (κ2) is 9.74. The smallest absolute Gasteiger partial charge is 0.0958 e. The lowest BCUT2D eigenvalue weighted by Gasteiger charge is -2.09. The molecule has 0 amide bonds. The predicted molar refractivity (Wildman–Crippen MR) is 94.1 cm³/mol. The molecule has 118 valence electrons. The average molecular weight is 308 g/mol. The normalized spacial score (nSPS) is 18.5. The molecule has 4 heteroatoms. The van der Waals surface area contributed by atoms with Crippen molar-refractivity contribution in [1.29, 1.82) is 0 Å². The number of rotatable bonds is 7. The molecule has 3 nitrogen and oxygen atoms in total. The molecule has 0 saturated carbocycles. The van der Waals surface area contributed by atoms with Gasteiger partial charge in [-0.2, -0.15) is 0 Å². The summed E-state index contributed by atoms with van der Waals surface area (Å²) in [4.78, 5) is 2.20. The Labute approximate surface area is 133 Å². The van der Waals surface area contributed by atoms with Gasteiger partial charge in [0.1, 0.15) is 0 Å². The van der Waals surface area contributed by atoms with Crippen molar-refractivity contribution in [2.45, 2.75) is 26.2 Å². The van der Waals surface area contributed by atoms with E-state index in [9.17, 15) is 0 Å². The molecule has 0 aromatic carbocycles. The minimum absolute atomic E-state index is 0.899. The first-order chi connectivity index (χ1) is 10.0. The van der Waals surface area contributed by atoms with Gasteiger partial charge in [-0.3, -0.25) is 0 Å². The van der Waals surface area contributed by atoms with Crippen LogP contribution in [0.15, 0.2) is 46.2 Å². The highest BCUT2D eigenvalue weighted by molar-refractivity contribution is 8.03. The van der Waals surface area contributed by atoms with Crippen LogP contribution in [0.1, 0.15) is 26.2 Å². The molecule has 0 aromatic rings. The molecule has 1 aliphatic rings. The molecule has 1 aliphatic carbocycles. The van der Waals surface area contributed by atoms with Crippen LogP contribution in [-0.4, -0.2) is 38.4 Å². The van der Waals surface area contributed by atoms with Crippen LogP contribution < -0.4 is 5.73 Å². The van der Waals surface area contributed by atoms with Crippen LogP contribution >= 0.6 is 11.8 Å².